The number of carbonyl (C=O) groups is 1. The number of benzene rings is 2. The molecule has 6 heteroatoms. The zero-order chi connectivity index (χ0) is 18.8. The zero-order valence-electron chi connectivity index (χ0n) is 15.2. The van der Waals surface area contributed by atoms with Gasteiger partial charge in [0.2, 0.25) is 5.91 Å². The van der Waals surface area contributed by atoms with E-state index in [1.807, 2.05) is 43.1 Å². The highest BCUT2D eigenvalue weighted by Crippen LogP contribution is 2.15. The summed E-state index contributed by atoms with van der Waals surface area (Å²) in [6.45, 7) is 4.51. The zero-order valence-corrected chi connectivity index (χ0v) is 16.0. The Hall–Kier alpha value is -2.24. The van der Waals surface area contributed by atoms with Crippen LogP contribution in [0.4, 0.5) is 0 Å². The van der Waals surface area contributed by atoms with Crippen LogP contribution in [0, 0.1) is 0 Å². The highest BCUT2D eigenvalue weighted by Gasteiger charge is 2.07. The molecule has 1 amide bonds. The lowest BCUT2D eigenvalue weighted by Gasteiger charge is -2.16. The van der Waals surface area contributed by atoms with Gasteiger partial charge in [-0.25, -0.2) is 0 Å². The van der Waals surface area contributed by atoms with Gasteiger partial charge in [-0.3, -0.25) is 9.69 Å². The van der Waals surface area contributed by atoms with Crippen LogP contribution in [0.15, 0.2) is 48.5 Å². The maximum Gasteiger partial charge on any atom is 0.234 e. The summed E-state index contributed by atoms with van der Waals surface area (Å²) >= 11 is 5.82. The maximum atomic E-state index is 12.0. The largest absolute Gasteiger partial charge is 0.494 e. The van der Waals surface area contributed by atoms with Crippen molar-refractivity contribution in [1.82, 2.24) is 10.2 Å². The molecule has 0 radical (unpaired) electrons. The van der Waals surface area contributed by atoms with Crippen LogP contribution in [0.3, 0.4) is 0 Å². The molecule has 5 nitrogen and oxygen atoms in total. The summed E-state index contributed by atoms with van der Waals surface area (Å²) in [6.07, 6.45) is 0. The average molecular weight is 377 g/mol. The van der Waals surface area contributed by atoms with Crippen molar-refractivity contribution in [2.24, 2.45) is 0 Å². The van der Waals surface area contributed by atoms with Crippen LogP contribution in [0.1, 0.15) is 12.5 Å². The third-order valence-corrected chi connectivity index (χ3v) is 3.86. The Bertz CT molecular complexity index is 674. The minimum absolute atomic E-state index is 0.0295. The lowest BCUT2D eigenvalue weighted by atomic mass is 10.2. The molecule has 2 aromatic rings. The highest BCUT2D eigenvalue weighted by molar-refractivity contribution is 6.30. The Morgan fingerprint density at radius 1 is 1.04 bits per heavy atom. The number of hydrogen-bond donors (Lipinski definition) is 1. The molecule has 0 atom stereocenters. The highest BCUT2D eigenvalue weighted by atomic mass is 35.5. The number of carbonyl (C=O) groups excluding carboxylic acids is 1. The van der Waals surface area contributed by atoms with Gasteiger partial charge in [0.05, 0.1) is 19.7 Å². The molecule has 0 spiro atoms. The number of amides is 1. The number of hydrogen-bond acceptors (Lipinski definition) is 4. The second kappa shape index (κ2) is 10.7. The van der Waals surface area contributed by atoms with E-state index in [1.54, 1.807) is 24.3 Å². The molecule has 0 aromatic heterocycles. The molecule has 0 fully saturated rings. The van der Waals surface area contributed by atoms with Gasteiger partial charge in [-0.15, -0.1) is 0 Å². The summed E-state index contributed by atoms with van der Waals surface area (Å²) in [4.78, 5) is 14.0. The number of nitrogens with zero attached hydrogens (tertiary/aromatic N) is 1. The first-order valence-corrected chi connectivity index (χ1v) is 9.00. The molecular formula is C20H25ClN2O3. The summed E-state index contributed by atoms with van der Waals surface area (Å²) in [5.74, 6) is 1.56. The first-order chi connectivity index (χ1) is 12.6. The van der Waals surface area contributed by atoms with Gasteiger partial charge in [-0.05, 0) is 55.9 Å². The number of nitrogens with one attached hydrogen (secondary N) is 1. The summed E-state index contributed by atoms with van der Waals surface area (Å²) < 4.78 is 11.0. The Kier molecular flexibility index (Phi) is 8.25. The lowest BCUT2D eigenvalue weighted by molar-refractivity contribution is -0.122. The van der Waals surface area contributed by atoms with Crippen LogP contribution in [-0.2, 0) is 11.3 Å². The number of halogens is 1. The number of likely N-dealkylation sites (N-methyl/N-ethyl adjacent to an activating group) is 1. The van der Waals surface area contributed by atoms with Crippen molar-refractivity contribution in [3.05, 3.63) is 59.1 Å². The SMILES string of the molecule is CCOc1ccc(CN(C)CC(=O)NCCOc2ccc(Cl)cc2)cc1. The topological polar surface area (TPSA) is 50.8 Å². The predicted molar refractivity (Wildman–Crippen MR) is 104 cm³/mol. The van der Waals surface area contributed by atoms with Crippen LogP contribution in [0.2, 0.25) is 5.02 Å². The normalized spacial score (nSPS) is 10.6. The Labute approximate surface area is 159 Å². The van der Waals surface area contributed by atoms with Crippen molar-refractivity contribution in [2.45, 2.75) is 13.5 Å². The molecule has 0 unspecified atom stereocenters. The molecule has 0 saturated heterocycles. The number of rotatable bonds is 10. The van der Waals surface area contributed by atoms with Crippen molar-refractivity contribution >= 4 is 17.5 Å². The van der Waals surface area contributed by atoms with E-state index in [4.69, 9.17) is 21.1 Å². The molecule has 140 valence electrons. The second-order valence-corrected chi connectivity index (χ2v) is 6.34. The minimum atomic E-state index is -0.0295. The van der Waals surface area contributed by atoms with Crippen molar-refractivity contribution in [3.63, 3.8) is 0 Å². The average Bonchev–Trinajstić information content (AvgIpc) is 2.62. The fourth-order valence-electron chi connectivity index (χ4n) is 2.42. The summed E-state index contributed by atoms with van der Waals surface area (Å²) in [6, 6.07) is 15.1. The van der Waals surface area contributed by atoms with Crippen LogP contribution < -0.4 is 14.8 Å². The van der Waals surface area contributed by atoms with Gasteiger partial charge in [0.25, 0.3) is 0 Å². The molecular weight excluding hydrogens is 352 g/mol. The second-order valence-electron chi connectivity index (χ2n) is 5.90. The van der Waals surface area contributed by atoms with Crippen molar-refractivity contribution in [1.29, 1.82) is 0 Å². The Morgan fingerprint density at radius 2 is 1.65 bits per heavy atom. The van der Waals surface area contributed by atoms with Gasteiger partial charge in [-0.2, -0.15) is 0 Å². The van der Waals surface area contributed by atoms with Crippen LogP contribution in [-0.4, -0.2) is 44.2 Å². The van der Waals surface area contributed by atoms with Gasteiger partial charge in [0, 0.05) is 11.6 Å². The molecule has 0 saturated carbocycles. The molecule has 0 heterocycles. The minimum Gasteiger partial charge on any atom is -0.494 e. The van der Waals surface area contributed by atoms with Crippen molar-refractivity contribution in [2.75, 3.05) is 33.4 Å². The lowest BCUT2D eigenvalue weighted by Crippen LogP contribution is -2.36. The molecule has 0 bridgehead atoms. The Balaban J connectivity index is 1.64. The van der Waals surface area contributed by atoms with Gasteiger partial charge >= 0.3 is 0 Å². The first kappa shape index (κ1) is 20.1. The third-order valence-electron chi connectivity index (χ3n) is 3.61. The smallest absolute Gasteiger partial charge is 0.234 e. The number of ether oxygens (including phenoxy) is 2. The van der Waals surface area contributed by atoms with E-state index in [1.165, 1.54) is 0 Å². The fraction of sp³-hybridized carbons (Fsp3) is 0.350. The standard InChI is InChI=1S/C20H25ClN2O3/c1-3-25-18-8-4-16(5-9-18)14-23(2)15-20(24)22-12-13-26-19-10-6-17(21)7-11-19/h4-11H,3,12-15H2,1-2H3,(H,22,24). The maximum absolute atomic E-state index is 12.0. The molecule has 0 aliphatic rings. The van der Waals surface area contributed by atoms with E-state index in [2.05, 4.69) is 5.32 Å². The molecule has 2 rings (SSSR count). The van der Waals surface area contributed by atoms with Crippen LogP contribution in [0.25, 0.3) is 0 Å². The van der Waals surface area contributed by atoms with E-state index in [0.29, 0.717) is 37.9 Å². The molecule has 26 heavy (non-hydrogen) atoms. The van der Waals surface area contributed by atoms with Gasteiger partial charge in [0.15, 0.2) is 0 Å². The molecule has 2 aromatic carbocycles. The fourth-order valence-corrected chi connectivity index (χ4v) is 2.54. The summed E-state index contributed by atoms with van der Waals surface area (Å²) in [5, 5.41) is 3.52. The predicted octanol–water partition coefficient (Wildman–Crippen LogP) is 3.37. The molecule has 0 aliphatic heterocycles. The van der Waals surface area contributed by atoms with E-state index >= 15 is 0 Å². The van der Waals surface area contributed by atoms with Crippen LogP contribution >= 0.6 is 11.6 Å². The summed E-state index contributed by atoms with van der Waals surface area (Å²) in [5.41, 5.74) is 1.13. The quantitative estimate of drug-likeness (QED) is 0.646. The van der Waals surface area contributed by atoms with Crippen LogP contribution in [0.5, 0.6) is 11.5 Å². The van der Waals surface area contributed by atoms with E-state index in [0.717, 1.165) is 17.1 Å². The summed E-state index contributed by atoms with van der Waals surface area (Å²) in [7, 11) is 1.92. The first-order valence-electron chi connectivity index (χ1n) is 8.62. The van der Waals surface area contributed by atoms with E-state index in [-0.39, 0.29) is 5.91 Å². The Morgan fingerprint density at radius 3 is 2.31 bits per heavy atom. The van der Waals surface area contributed by atoms with Gasteiger partial charge in [0.1, 0.15) is 18.1 Å². The van der Waals surface area contributed by atoms with Crippen molar-refractivity contribution in [3.8, 4) is 11.5 Å². The molecule has 1 N–H and O–H groups in total. The van der Waals surface area contributed by atoms with Crippen molar-refractivity contribution < 1.29 is 14.3 Å². The van der Waals surface area contributed by atoms with Gasteiger partial charge < -0.3 is 14.8 Å². The van der Waals surface area contributed by atoms with E-state index < -0.39 is 0 Å². The van der Waals surface area contributed by atoms with E-state index in [9.17, 15) is 4.79 Å². The molecule has 0 aliphatic carbocycles. The third kappa shape index (κ3) is 7.33. The monoisotopic (exact) mass is 376 g/mol. The van der Waals surface area contributed by atoms with Gasteiger partial charge in [-0.1, -0.05) is 23.7 Å².